The monoisotopic (exact) mass is 276 g/mol. The number of aliphatic hydroxyl groups excluding tert-OH is 1. The number of benzene rings is 1. The molecule has 4 nitrogen and oxygen atoms in total. The predicted molar refractivity (Wildman–Crippen MR) is 80.0 cm³/mol. The molecule has 2 heterocycles. The largest absolute Gasteiger partial charge is 0.392 e. The molecular formula is C16H24N2O2. The van der Waals surface area contributed by atoms with E-state index in [9.17, 15) is 5.11 Å². The minimum absolute atomic E-state index is 0.142. The molecule has 1 unspecified atom stereocenters. The molecule has 0 amide bonds. The summed E-state index contributed by atoms with van der Waals surface area (Å²) in [5, 5.41) is 9.71. The second kappa shape index (κ2) is 6.57. The van der Waals surface area contributed by atoms with Gasteiger partial charge in [0.1, 0.15) is 0 Å². The molecule has 0 saturated carbocycles. The third kappa shape index (κ3) is 3.51. The fourth-order valence-electron chi connectivity index (χ4n) is 3.07. The molecule has 2 fully saturated rings. The lowest BCUT2D eigenvalue weighted by molar-refractivity contribution is 0.0668. The van der Waals surface area contributed by atoms with Gasteiger partial charge in [0.05, 0.1) is 19.3 Å². The summed E-state index contributed by atoms with van der Waals surface area (Å²) >= 11 is 0. The Bertz CT molecular complexity index is 415. The highest BCUT2D eigenvalue weighted by atomic mass is 16.5. The van der Waals surface area contributed by atoms with Crippen LogP contribution in [0.3, 0.4) is 0 Å². The minimum atomic E-state index is -0.142. The van der Waals surface area contributed by atoms with Crippen molar-refractivity contribution >= 4 is 5.69 Å². The molecule has 4 heteroatoms. The summed E-state index contributed by atoms with van der Waals surface area (Å²) in [6.07, 6.45) is 1.91. The van der Waals surface area contributed by atoms with E-state index < -0.39 is 0 Å². The molecule has 3 rings (SSSR count). The van der Waals surface area contributed by atoms with Crippen molar-refractivity contribution < 1.29 is 9.84 Å². The second-order valence-corrected chi connectivity index (χ2v) is 5.80. The van der Waals surface area contributed by atoms with E-state index >= 15 is 0 Å². The van der Waals surface area contributed by atoms with Crippen LogP contribution in [0, 0.1) is 0 Å². The average molecular weight is 276 g/mol. The number of anilines is 1. The highest BCUT2D eigenvalue weighted by molar-refractivity contribution is 5.47. The van der Waals surface area contributed by atoms with Crippen molar-refractivity contribution in [3.63, 3.8) is 0 Å². The lowest BCUT2D eigenvalue weighted by Crippen LogP contribution is -2.37. The van der Waals surface area contributed by atoms with Crippen molar-refractivity contribution in [2.45, 2.75) is 25.5 Å². The zero-order chi connectivity index (χ0) is 13.8. The standard InChI is InChI=1S/C16H24N2O2/c19-16-2-1-7-17(13-16)12-14-3-5-15(6-4-14)18-8-10-20-11-9-18/h3-6,16,19H,1-2,7-13H2. The second-order valence-electron chi connectivity index (χ2n) is 5.80. The normalized spacial score (nSPS) is 24.9. The summed E-state index contributed by atoms with van der Waals surface area (Å²) in [7, 11) is 0. The van der Waals surface area contributed by atoms with Gasteiger partial charge >= 0.3 is 0 Å². The highest BCUT2D eigenvalue weighted by Crippen LogP contribution is 2.19. The van der Waals surface area contributed by atoms with Crippen LogP contribution < -0.4 is 4.90 Å². The van der Waals surface area contributed by atoms with Crippen LogP contribution in [0.4, 0.5) is 5.69 Å². The zero-order valence-electron chi connectivity index (χ0n) is 12.0. The number of nitrogens with zero attached hydrogens (tertiary/aromatic N) is 2. The van der Waals surface area contributed by atoms with E-state index in [1.165, 1.54) is 11.3 Å². The van der Waals surface area contributed by atoms with E-state index in [0.29, 0.717) is 0 Å². The number of ether oxygens (including phenoxy) is 1. The molecule has 2 aliphatic heterocycles. The first kappa shape index (κ1) is 13.9. The lowest BCUT2D eigenvalue weighted by Gasteiger charge is -2.31. The van der Waals surface area contributed by atoms with Gasteiger partial charge in [0.2, 0.25) is 0 Å². The molecule has 0 aliphatic carbocycles. The van der Waals surface area contributed by atoms with Gasteiger partial charge in [0.25, 0.3) is 0 Å². The third-order valence-corrected chi connectivity index (χ3v) is 4.20. The first-order chi connectivity index (χ1) is 9.81. The number of aliphatic hydroxyl groups is 1. The van der Waals surface area contributed by atoms with Crippen molar-refractivity contribution in [3.8, 4) is 0 Å². The fourth-order valence-corrected chi connectivity index (χ4v) is 3.07. The van der Waals surface area contributed by atoms with Crippen LogP contribution >= 0.6 is 0 Å². The number of likely N-dealkylation sites (tertiary alicyclic amines) is 1. The first-order valence-corrected chi connectivity index (χ1v) is 7.63. The molecular weight excluding hydrogens is 252 g/mol. The van der Waals surface area contributed by atoms with Crippen molar-refractivity contribution in [1.82, 2.24) is 4.90 Å². The van der Waals surface area contributed by atoms with Gasteiger partial charge in [-0.25, -0.2) is 0 Å². The maximum Gasteiger partial charge on any atom is 0.0667 e. The van der Waals surface area contributed by atoms with Crippen LogP contribution in [-0.2, 0) is 11.3 Å². The first-order valence-electron chi connectivity index (χ1n) is 7.63. The fraction of sp³-hybridized carbons (Fsp3) is 0.625. The van der Waals surface area contributed by atoms with Crippen molar-refractivity contribution in [3.05, 3.63) is 29.8 Å². The Morgan fingerprint density at radius 1 is 1.10 bits per heavy atom. The Morgan fingerprint density at radius 3 is 2.55 bits per heavy atom. The van der Waals surface area contributed by atoms with Crippen molar-refractivity contribution in [2.75, 3.05) is 44.3 Å². The maximum atomic E-state index is 9.71. The molecule has 0 radical (unpaired) electrons. The van der Waals surface area contributed by atoms with Gasteiger partial charge in [0, 0.05) is 31.9 Å². The molecule has 110 valence electrons. The molecule has 2 aliphatic rings. The van der Waals surface area contributed by atoms with Gasteiger partial charge in [-0.2, -0.15) is 0 Å². The zero-order valence-corrected chi connectivity index (χ0v) is 12.0. The molecule has 1 aromatic carbocycles. The summed E-state index contributed by atoms with van der Waals surface area (Å²) in [5.74, 6) is 0. The number of hydrogen-bond donors (Lipinski definition) is 1. The Morgan fingerprint density at radius 2 is 1.85 bits per heavy atom. The number of rotatable bonds is 3. The van der Waals surface area contributed by atoms with Gasteiger partial charge in [-0.15, -0.1) is 0 Å². The van der Waals surface area contributed by atoms with Crippen LogP contribution in [0.15, 0.2) is 24.3 Å². The SMILES string of the molecule is OC1CCCN(Cc2ccc(N3CCOCC3)cc2)C1. The Labute approximate surface area is 120 Å². The number of β-amino-alcohol motifs (C(OH)–C–C–N with tert-alkyl or cyclic N) is 1. The van der Waals surface area contributed by atoms with Crippen LogP contribution in [0.2, 0.25) is 0 Å². The molecule has 0 bridgehead atoms. The highest BCUT2D eigenvalue weighted by Gasteiger charge is 2.17. The topological polar surface area (TPSA) is 35.9 Å². The van der Waals surface area contributed by atoms with E-state index in [4.69, 9.17) is 4.74 Å². The quantitative estimate of drug-likeness (QED) is 0.907. The van der Waals surface area contributed by atoms with Crippen molar-refractivity contribution in [1.29, 1.82) is 0 Å². The van der Waals surface area contributed by atoms with E-state index in [-0.39, 0.29) is 6.10 Å². The Hall–Kier alpha value is -1.10. The third-order valence-electron chi connectivity index (χ3n) is 4.20. The summed E-state index contributed by atoms with van der Waals surface area (Å²) < 4.78 is 5.38. The van der Waals surface area contributed by atoms with Gasteiger partial charge in [-0.3, -0.25) is 4.90 Å². The summed E-state index contributed by atoms with van der Waals surface area (Å²) in [5.41, 5.74) is 2.62. The van der Waals surface area contributed by atoms with Crippen LogP contribution in [-0.4, -0.2) is 55.5 Å². The molecule has 1 aromatic rings. The van der Waals surface area contributed by atoms with Gasteiger partial charge in [-0.1, -0.05) is 12.1 Å². The molecule has 20 heavy (non-hydrogen) atoms. The lowest BCUT2D eigenvalue weighted by atomic mass is 10.1. The maximum absolute atomic E-state index is 9.71. The molecule has 1 atom stereocenters. The summed E-state index contributed by atoms with van der Waals surface area (Å²) in [6.45, 7) is 6.48. The Balaban J connectivity index is 1.58. The van der Waals surface area contributed by atoms with Gasteiger partial charge in [-0.05, 0) is 37.1 Å². The summed E-state index contributed by atoms with van der Waals surface area (Å²) in [6, 6.07) is 8.85. The van der Waals surface area contributed by atoms with E-state index in [2.05, 4.69) is 34.1 Å². The molecule has 1 N–H and O–H groups in total. The summed E-state index contributed by atoms with van der Waals surface area (Å²) in [4.78, 5) is 4.72. The van der Waals surface area contributed by atoms with Gasteiger partial charge in [0.15, 0.2) is 0 Å². The number of hydrogen-bond acceptors (Lipinski definition) is 4. The molecule has 2 saturated heterocycles. The van der Waals surface area contributed by atoms with Crippen LogP contribution in [0.25, 0.3) is 0 Å². The molecule has 0 aromatic heterocycles. The van der Waals surface area contributed by atoms with Crippen molar-refractivity contribution in [2.24, 2.45) is 0 Å². The Kier molecular flexibility index (Phi) is 4.55. The predicted octanol–water partition coefficient (Wildman–Crippen LogP) is 1.48. The van der Waals surface area contributed by atoms with Gasteiger partial charge < -0.3 is 14.7 Å². The average Bonchev–Trinajstić information content (AvgIpc) is 2.49. The number of morpholine rings is 1. The van der Waals surface area contributed by atoms with E-state index in [1.54, 1.807) is 0 Å². The number of piperidine rings is 1. The smallest absolute Gasteiger partial charge is 0.0667 e. The minimum Gasteiger partial charge on any atom is -0.392 e. The van der Waals surface area contributed by atoms with E-state index in [0.717, 1.165) is 58.8 Å². The van der Waals surface area contributed by atoms with Crippen LogP contribution in [0.5, 0.6) is 0 Å². The van der Waals surface area contributed by atoms with E-state index in [1.807, 2.05) is 0 Å². The van der Waals surface area contributed by atoms with Crippen LogP contribution in [0.1, 0.15) is 18.4 Å². The molecule has 0 spiro atoms.